The summed E-state index contributed by atoms with van der Waals surface area (Å²) in [6, 6.07) is 7.85. The molecule has 2 fully saturated rings. The van der Waals surface area contributed by atoms with Crippen molar-refractivity contribution in [2.75, 3.05) is 25.3 Å². The number of aromatic nitrogens is 4. The molecule has 2 amide bonds. The van der Waals surface area contributed by atoms with E-state index in [4.69, 9.17) is 23.7 Å². The number of fused-ring (bicyclic) bond motifs is 2. The molecule has 2 saturated heterocycles. The minimum atomic E-state index is -4.52. The fourth-order valence-corrected chi connectivity index (χ4v) is 4.43. The number of anilines is 1. The van der Waals surface area contributed by atoms with Crippen LogP contribution in [0.5, 0.6) is 23.3 Å². The van der Waals surface area contributed by atoms with E-state index in [1.54, 1.807) is 18.2 Å². The fraction of sp³-hybridized carbons (Fsp3) is 0.364. The summed E-state index contributed by atoms with van der Waals surface area (Å²) in [7, 11) is 0. The van der Waals surface area contributed by atoms with E-state index in [1.165, 1.54) is 16.8 Å². The molecule has 4 unspecified atom stereocenters. The Morgan fingerprint density at radius 1 is 1.05 bits per heavy atom. The number of carbonyl (C=O) groups excluding carboxylic acids is 1. The van der Waals surface area contributed by atoms with Crippen molar-refractivity contribution in [1.29, 1.82) is 0 Å². The molecule has 0 saturated carbocycles. The van der Waals surface area contributed by atoms with Crippen LogP contribution < -0.4 is 24.8 Å². The van der Waals surface area contributed by atoms with E-state index in [1.807, 2.05) is 0 Å². The van der Waals surface area contributed by atoms with Gasteiger partial charge in [0.15, 0.2) is 11.5 Å². The zero-order valence-corrected chi connectivity index (χ0v) is 18.8. The zero-order valence-electron chi connectivity index (χ0n) is 18.8. The average molecular weight is 520 g/mol. The van der Waals surface area contributed by atoms with E-state index in [0.29, 0.717) is 17.2 Å². The van der Waals surface area contributed by atoms with Crippen molar-refractivity contribution in [1.82, 2.24) is 25.5 Å². The number of nitrogens with one attached hydrogen (secondary N) is 2. The van der Waals surface area contributed by atoms with Gasteiger partial charge in [-0.05, 0) is 40.8 Å². The van der Waals surface area contributed by atoms with Crippen LogP contribution in [0.15, 0.2) is 42.5 Å². The van der Waals surface area contributed by atoms with Crippen molar-refractivity contribution in [3.63, 3.8) is 0 Å². The molecule has 2 aromatic carbocycles. The van der Waals surface area contributed by atoms with Crippen LogP contribution in [0.25, 0.3) is 0 Å². The van der Waals surface area contributed by atoms with Gasteiger partial charge in [0.1, 0.15) is 24.0 Å². The first-order valence-electron chi connectivity index (χ1n) is 11.2. The third-order valence-corrected chi connectivity index (χ3v) is 6.12. The van der Waals surface area contributed by atoms with E-state index in [2.05, 4.69) is 26.2 Å². The van der Waals surface area contributed by atoms with Gasteiger partial charge in [0, 0.05) is 11.8 Å². The van der Waals surface area contributed by atoms with E-state index in [9.17, 15) is 18.0 Å². The number of nitrogens with zero attached hydrogens (tertiary/aromatic N) is 4. The Morgan fingerprint density at radius 2 is 1.89 bits per heavy atom. The second-order valence-corrected chi connectivity index (χ2v) is 8.47. The van der Waals surface area contributed by atoms with Crippen LogP contribution in [0.1, 0.15) is 11.6 Å². The molecule has 37 heavy (non-hydrogen) atoms. The average Bonchev–Trinajstić information content (AvgIpc) is 3.64. The van der Waals surface area contributed by atoms with Crippen LogP contribution in [-0.4, -0.2) is 64.5 Å². The van der Waals surface area contributed by atoms with Crippen LogP contribution in [-0.2, 0) is 15.7 Å². The molecule has 3 aromatic rings. The first-order chi connectivity index (χ1) is 17.8. The molecule has 2 N–H and O–H groups in total. The Balaban J connectivity index is 1.10. The molecule has 4 atom stereocenters. The summed E-state index contributed by atoms with van der Waals surface area (Å²) in [6.45, 7) is 0.442. The molecule has 4 heterocycles. The number of hydrogen-bond acceptors (Lipinski definition) is 9. The second kappa shape index (κ2) is 9.08. The summed E-state index contributed by atoms with van der Waals surface area (Å²) in [4.78, 5) is 12.5. The first-order valence-corrected chi connectivity index (χ1v) is 11.2. The zero-order chi connectivity index (χ0) is 25.6. The second-order valence-electron chi connectivity index (χ2n) is 8.47. The molecular weight excluding hydrogens is 501 g/mol. The Hall–Kier alpha value is -4.11. The van der Waals surface area contributed by atoms with Gasteiger partial charge in [-0.1, -0.05) is 11.2 Å². The maximum absolute atomic E-state index is 12.9. The van der Waals surface area contributed by atoms with Crippen LogP contribution in [0.3, 0.4) is 0 Å². The molecular formula is C22H19F3N6O6. The number of benzene rings is 2. The van der Waals surface area contributed by atoms with Gasteiger partial charge in [0.25, 0.3) is 0 Å². The predicted octanol–water partition coefficient (Wildman–Crippen LogP) is 2.74. The molecule has 1 aromatic heterocycles. The molecule has 0 bridgehead atoms. The summed E-state index contributed by atoms with van der Waals surface area (Å²) in [5.41, 5.74) is -0.858. The lowest BCUT2D eigenvalue weighted by Crippen LogP contribution is -2.45. The van der Waals surface area contributed by atoms with Gasteiger partial charge in [0.2, 0.25) is 6.79 Å². The van der Waals surface area contributed by atoms with Crippen LogP contribution in [0, 0.1) is 0 Å². The number of halogens is 3. The Kier molecular flexibility index (Phi) is 5.72. The number of ether oxygens (including phenoxy) is 5. The highest BCUT2D eigenvalue weighted by Gasteiger charge is 2.50. The van der Waals surface area contributed by atoms with Crippen molar-refractivity contribution in [3.8, 4) is 23.3 Å². The van der Waals surface area contributed by atoms with Crippen molar-refractivity contribution in [2.45, 2.75) is 30.5 Å². The van der Waals surface area contributed by atoms with Gasteiger partial charge >= 0.3 is 18.2 Å². The van der Waals surface area contributed by atoms with Gasteiger partial charge in [-0.15, -0.1) is 0 Å². The van der Waals surface area contributed by atoms with Crippen molar-refractivity contribution in [3.05, 3.63) is 48.0 Å². The molecule has 15 heteroatoms. The van der Waals surface area contributed by atoms with Crippen LogP contribution in [0.4, 0.5) is 23.7 Å². The maximum Gasteiger partial charge on any atom is 0.416 e. The molecule has 0 aliphatic carbocycles. The van der Waals surface area contributed by atoms with E-state index in [0.717, 1.165) is 12.1 Å². The lowest BCUT2D eigenvalue weighted by molar-refractivity contribution is -0.137. The third-order valence-electron chi connectivity index (χ3n) is 6.12. The standard InChI is InChI=1S/C22H19F3N6O6/c23-22(24,25)11-2-1-3-12(6-11)26-20(32)27-14-8-33-19-15(9-34-18(14)19)31-21(28-29-30-31)37-13-4-5-16-17(7-13)36-10-35-16/h1-7,14-15,18-19H,8-10H2,(H2,26,27,32). The molecule has 12 nitrogen and oxygen atoms in total. The van der Waals surface area contributed by atoms with E-state index >= 15 is 0 Å². The molecule has 0 spiro atoms. The number of alkyl halides is 3. The minimum Gasteiger partial charge on any atom is -0.454 e. The van der Waals surface area contributed by atoms with Crippen molar-refractivity contribution >= 4 is 11.7 Å². The number of amides is 2. The normalized spacial score (nSPS) is 24.1. The predicted molar refractivity (Wildman–Crippen MR) is 116 cm³/mol. The molecule has 3 aliphatic heterocycles. The number of hydrogen-bond donors (Lipinski definition) is 2. The number of urea groups is 1. The Labute approximate surface area is 206 Å². The number of carbonyl (C=O) groups is 1. The minimum absolute atomic E-state index is 0.00649. The summed E-state index contributed by atoms with van der Waals surface area (Å²) in [5.74, 6) is 1.58. The molecule has 194 valence electrons. The fourth-order valence-electron chi connectivity index (χ4n) is 4.43. The highest BCUT2D eigenvalue weighted by Crippen LogP contribution is 2.39. The van der Waals surface area contributed by atoms with Crippen LogP contribution in [0.2, 0.25) is 0 Å². The maximum atomic E-state index is 12.9. The van der Waals surface area contributed by atoms with Gasteiger partial charge in [0.05, 0.1) is 24.8 Å². The lowest BCUT2D eigenvalue weighted by Gasteiger charge is -2.18. The largest absolute Gasteiger partial charge is 0.454 e. The summed E-state index contributed by atoms with van der Waals surface area (Å²) in [5, 5.41) is 16.8. The van der Waals surface area contributed by atoms with Gasteiger partial charge < -0.3 is 34.3 Å². The van der Waals surface area contributed by atoms with Crippen molar-refractivity contribution in [2.24, 2.45) is 0 Å². The third kappa shape index (κ3) is 4.58. The topological polar surface area (TPSA) is 131 Å². The Bertz CT molecular complexity index is 1320. The Morgan fingerprint density at radius 3 is 2.76 bits per heavy atom. The monoisotopic (exact) mass is 520 g/mol. The smallest absolute Gasteiger partial charge is 0.416 e. The van der Waals surface area contributed by atoms with E-state index < -0.39 is 42.1 Å². The van der Waals surface area contributed by atoms with E-state index in [-0.39, 0.29) is 31.7 Å². The number of tetrazole rings is 1. The SMILES string of the molecule is O=C(Nc1cccc(C(F)(F)F)c1)NC1COC2C1OCC2n1nnnc1Oc1ccc2c(c1)OCO2. The highest BCUT2D eigenvalue weighted by atomic mass is 19.4. The highest BCUT2D eigenvalue weighted by molar-refractivity contribution is 5.89. The quantitative estimate of drug-likeness (QED) is 0.521. The summed E-state index contributed by atoms with van der Waals surface area (Å²) >= 11 is 0. The van der Waals surface area contributed by atoms with Gasteiger partial charge in [-0.25, -0.2) is 4.79 Å². The molecule has 6 rings (SSSR count). The summed E-state index contributed by atoms with van der Waals surface area (Å²) < 4.78 is 68.5. The lowest BCUT2D eigenvalue weighted by atomic mass is 10.1. The number of rotatable bonds is 5. The summed E-state index contributed by atoms with van der Waals surface area (Å²) in [6.07, 6.45) is -5.55. The molecule has 0 radical (unpaired) electrons. The van der Waals surface area contributed by atoms with Gasteiger partial charge in [-0.3, -0.25) is 0 Å². The first kappa shape index (κ1) is 23.3. The molecule has 3 aliphatic rings. The van der Waals surface area contributed by atoms with Crippen molar-refractivity contribution < 1.29 is 41.7 Å². The van der Waals surface area contributed by atoms with Crippen LogP contribution >= 0.6 is 0 Å². The van der Waals surface area contributed by atoms with Gasteiger partial charge in [-0.2, -0.15) is 17.9 Å².